The topological polar surface area (TPSA) is 152 Å². The average molecular weight is 614 g/mol. The third kappa shape index (κ3) is 11.0. The van der Waals surface area contributed by atoms with Crippen LogP contribution in [0, 0.1) is 11.8 Å². The Morgan fingerprint density at radius 1 is 1.09 bits per heavy atom. The number of nitrogens with one attached hydrogen (secondary N) is 1. The molecule has 10 heteroatoms. The number of aromatic nitrogens is 1. The second-order valence-corrected chi connectivity index (χ2v) is 13.3. The number of hydrogen-bond donors (Lipinski definition) is 4. The predicted molar refractivity (Wildman–Crippen MR) is 171 cm³/mol. The van der Waals surface area contributed by atoms with Crippen LogP contribution in [0.15, 0.2) is 41.9 Å². The molecule has 0 radical (unpaired) electrons. The molecule has 4 atom stereocenters. The Bertz CT molecular complexity index is 1110. The number of aliphatic hydroxyl groups excluding tert-OH is 1. The van der Waals surface area contributed by atoms with Gasteiger partial charge in [0.2, 0.25) is 17.7 Å². The van der Waals surface area contributed by atoms with Gasteiger partial charge in [-0.05, 0) is 49.6 Å². The molecule has 1 saturated carbocycles. The molecule has 9 nitrogen and oxygen atoms in total. The molecule has 1 aromatic heterocycles. The highest BCUT2D eigenvalue weighted by molar-refractivity contribution is 7.09. The molecule has 0 unspecified atom stereocenters. The van der Waals surface area contributed by atoms with Gasteiger partial charge in [0.25, 0.3) is 0 Å². The van der Waals surface area contributed by atoms with Crippen LogP contribution >= 0.6 is 11.3 Å². The van der Waals surface area contributed by atoms with Gasteiger partial charge in [-0.15, -0.1) is 11.3 Å². The lowest BCUT2D eigenvalue weighted by Gasteiger charge is -2.42. The first-order valence-corrected chi connectivity index (χ1v) is 16.8. The highest BCUT2D eigenvalue weighted by Crippen LogP contribution is 2.36. The third-order valence-electron chi connectivity index (χ3n) is 8.36. The van der Waals surface area contributed by atoms with Crippen molar-refractivity contribution in [3.05, 3.63) is 52.5 Å². The smallest absolute Gasteiger partial charge is 0.246 e. The van der Waals surface area contributed by atoms with Crippen molar-refractivity contribution in [2.45, 2.75) is 115 Å². The zero-order valence-corrected chi connectivity index (χ0v) is 26.6. The molecule has 6 N–H and O–H groups in total. The van der Waals surface area contributed by atoms with Crippen molar-refractivity contribution < 1.29 is 19.5 Å². The lowest BCUT2D eigenvalue weighted by molar-refractivity contribution is -0.149. The quantitative estimate of drug-likeness (QED) is 0.182. The Balaban J connectivity index is 2.04. The summed E-state index contributed by atoms with van der Waals surface area (Å²) < 4.78 is 0. The Hall–Kier alpha value is -2.82. The number of hydrogen-bond acceptors (Lipinski definition) is 7. The minimum absolute atomic E-state index is 0.0600. The first kappa shape index (κ1) is 34.7. The summed E-state index contributed by atoms with van der Waals surface area (Å²) in [6, 6.07) is 6.92. The molecule has 3 amide bonds. The highest BCUT2D eigenvalue weighted by atomic mass is 32.1. The van der Waals surface area contributed by atoms with E-state index in [1.54, 1.807) is 11.6 Å². The number of nitrogens with two attached hydrogens (primary N) is 2. The van der Waals surface area contributed by atoms with E-state index in [0.29, 0.717) is 36.7 Å². The van der Waals surface area contributed by atoms with Crippen LogP contribution in [0.2, 0.25) is 0 Å². The molecule has 1 aromatic carbocycles. The molecule has 2 aromatic rings. The van der Waals surface area contributed by atoms with Crippen LogP contribution in [0.5, 0.6) is 0 Å². The van der Waals surface area contributed by atoms with Gasteiger partial charge in [-0.1, -0.05) is 82.7 Å². The Morgan fingerprint density at radius 2 is 1.81 bits per heavy atom. The molecule has 0 bridgehead atoms. The summed E-state index contributed by atoms with van der Waals surface area (Å²) in [7, 11) is 0. The van der Waals surface area contributed by atoms with E-state index in [1.807, 2.05) is 44.2 Å². The van der Waals surface area contributed by atoms with E-state index in [-0.39, 0.29) is 24.7 Å². The summed E-state index contributed by atoms with van der Waals surface area (Å²) in [6.45, 7) is 4.53. The van der Waals surface area contributed by atoms with E-state index in [9.17, 15) is 19.5 Å². The zero-order valence-electron chi connectivity index (χ0n) is 25.8. The van der Waals surface area contributed by atoms with Crippen molar-refractivity contribution in [2.75, 3.05) is 6.54 Å². The minimum atomic E-state index is -1.09. The maximum Gasteiger partial charge on any atom is 0.246 e. The lowest BCUT2D eigenvalue weighted by Crippen LogP contribution is -2.61. The number of unbranched alkanes of at least 4 members (excludes halogenated alkanes) is 2. The summed E-state index contributed by atoms with van der Waals surface area (Å²) in [4.78, 5) is 47.0. The standard InChI is InChI=1S/C33H51N5O4S/c1-23(2)20-28(31(35)41)38(27(22-25-14-8-4-9-15-25)30(40)32-36-18-19-43-32)33(42)26(21-24-12-6-3-7-13-24)37-29(39)16-10-5-11-17-34/h3,6-7,12-13,18-19,23,25-28,30,40H,4-5,8-11,14-17,20-22,34H2,1-2H3,(H2,35,41)(H,37,39)/t26-,27-,28-,30+/m0/s1. The van der Waals surface area contributed by atoms with Crippen LogP contribution < -0.4 is 16.8 Å². The van der Waals surface area contributed by atoms with Gasteiger partial charge in [-0.3, -0.25) is 14.4 Å². The number of amides is 3. The summed E-state index contributed by atoms with van der Waals surface area (Å²) in [6.07, 6.45) is 9.64. The fourth-order valence-electron chi connectivity index (χ4n) is 6.17. The van der Waals surface area contributed by atoms with Crippen LogP contribution in [0.1, 0.15) is 101 Å². The van der Waals surface area contributed by atoms with E-state index in [1.165, 1.54) is 22.7 Å². The normalized spacial score (nSPS) is 16.8. The number of benzene rings is 1. The average Bonchev–Trinajstić information content (AvgIpc) is 3.54. The lowest BCUT2D eigenvalue weighted by atomic mass is 9.82. The summed E-state index contributed by atoms with van der Waals surface area (Å²) in [5, 5.41) is 17.1. The van der Waals surface area contributed by atoms with Gasteiger partial charge in [0.1, 0.15) is 23.2 Å². The van der Waals surface area contributed by atoms with Crippen molar-refractivity contribution in [1.29, 1.82) is 0 Å². The molecular formula is C33H51N5O4S. The molecule has 1 aliphatic rings. The van der Waals surface area contributed by atoms with Crippen LogP contribution in [-0.2, 0) is 20.8 Å². The fourth-order valence-corrected chi connectivity index (χ4v) is 6.85. The van der Waals surface area contributed by atoms with Crippen LogP contribution in [0.4, 0.5) is 0 Å². The summed E-state index contributed by atoms with van der Waals surface area (Å²) >= 11 is 1.33. The highest BCUT2D eigenvalue weighted by Gasteiger charge is 2.43. The largest absolute Gasteiger partial charge is 0.384 e. The van der Waals surface area contributed by atoms with Crippen molar-refractivity contribution in [3.8, 4) is 0 Å². The molecule has 1 heterocycles. The van der Waals surface area contributed by atoms with E-state index in [4.69, 9.17) is 11.5 Å². The molecular weight excluding hydrogens is 562 g/mol. The third-order valence-corrected chi connectivity index (χ3v) is 9.21. The molecule has 1 aliphatic carbocycles. The Morgan fingerprint density at radius 3 is 2.42 bits per heavy atom. The maximum atomic E-state index is 14.8. The van der Waals surface area contributed by atoms with Gasteiger partial charge in [-0.2, -0.15) is 0 Å². The number of thiazole rings is 1. The van der Waals surface area contributed by atoms with Gasteiger partial charge >= 0.3 is 0 Å². The zero-order chi connectivity index (χ0) is 31.2. The van der Waals surface area contributed by atoms with E-state index in [2.05, 4.69) is 10.3 Å². The first-order valence-electron chi connectivity index (χ1n) is 15.9. The van der Waals surface area contributed by atoms with E-state index in [0.717, 1.165) is 44.1 Å². The van der Waals surface area contributed by atoms with Gasteiger partial charge in [-0.25, -0.2) is 4.98 Å². The number of nitrogens with zero attached hydrogens (tertiary/aromatic N) is 2. The monoisotopic (exact) mass is 613 g/mol. The van der Waals surface area contributed by atoms with Crippen LogP contribution in [-0.4, -0.2) is 57.4 Å². The van der Waals surface area contributed by atoms with Crippen molar-refractivity contribution in [2.24, 2.45) is 23.3 Å². The van der Waals surface area contributed by atoms with Crippen LogP contribution in [0.3, 0.4) is 0 Å². The molecule has 1 fully saturated rings. The van der Waals surface area contributed by atoms with Gasteiger partial charge in [0.05, 0.1) is 6.04 Å². The first-order chi connectivity index (χ1) is 20.7. The fraction of sp³-hybridized carbons (Fsp3) is 0.636. The van der Waals surface area contributed by atoms with E-state index < -0.39 is 36.0 Å². The second kappa shape index (κ2) is 18.1. The van der Waals surface area contributed by atoms with Crippen molar-refractivity contribution >= 4 is 29.1 Å². The predicted octanol–water partition coefficient (Wildman–Crippen LogP) is 4.49. The molecule has 0 spiro atoms. The number of rotatable bonds is 18. The van der Waals surface area contributed by atoms with Crippen LogP contribution in [0.25, 0.3) is 0 Å². The number of carbonyl (C=O) groups excluding carboxylic acids is 3. The Labute approximate surface area is 260 Å². The molecule has 238 valence electrons. The molecule has 0 saturated heterocycles. The van der Waals surface area contributed by atoms with Gasteiger partial charge in [0.15, 0.2) is 0 Å². The van der Waals surface area contributed by atoms with Gasteiger partial charge in [0, 0.05) is 24.4 Å². The summed E-state index contributed by atoms with van der Waals surface area (Å²) in [5.41, 5.74) is 12.5. The minimum Gasteiger partial charge on any atom is -0.384 e. The SMILES string of the molecule is CC(C)C[C@@H](C(N)=O)N(C(=O)[C@H](Cc1ccccc1)NC(=O)CCCCCN)[C@@H](CC1CCCCC1)[C@@H](O)c1nccs1. The number of carbonyl (C=O) groups is 3. The molecule has 3 rings (SSSR count). The molecule has 43 heavy (non-hydrogen) atoms. The van der Waals surface area contributed by atoms with Crippen molar-refractivity contribution in [1.82, 2.24) is 15.2 Å². The molecule has 0 aliphatic heterocycles. The van der Waals surface area contributed by atoms with Gasteiger partial charge < -0.3 is 26.8 Å². The number of primary amides is 1. The van der Waals surface area contributed by atoms with E-state index >= 15 is 0 Å². The maximum absolute atomic E-state index is 14.8. The second-order valence-electron chi connectivity index (χ2n) is 12.3. The number of aliphatic hydroxyl groups is 1. The van der Waals surface area contributed by atoms with Crippen molar-refractivity contribution in [3.63, 3.8) is 0 Å². The summed E-state index contributed by atoms with van der Waals surface area (Å²) in [5.74, 6) is -0.894. The Kier molecular flexibility index (Phi) is 14.6.